The molecular weight excluding hydrogens is 599 g/mol. The fraction of sp³-hybridized carbons (Fsp3) is 0.154. The first-order valence-corrected chi connectivity index (χ1v) is 19.1. The summed E-state index contributed by atoms with van der Waals surface area (Å²) in [7, 11) is -0.300. The van der Waals surface area contributed by atoms with Crippen LogP contribution in [-0.4, -0.2) is 36.4 Å². The molecule has 0 aliphatic carbocycles. The van der Waals surface area contributed by atoms with Crippen molar-refractivity contribution >= 4 is 61.9 Å². The van der Waals surface area contributed by atoms with Gasteiger partial charge < -0.3 is 4.57 Å². The van der Waals surface area contributed by atoms with Crippen LogP contribution in [0.15, 0.2) is 152 Å². The van der Waals surface area contributed by atoms with Crippen molar-refractivity contribution in [1.29, 1.82) is 0 Å². The first kappa shape index (κ1) is 31.3. The first-order valence-electron chi connectivity index (χ1n) is 15.6. The smallest absolute Gasteiger partial charge is 0.215 e. The van der Waals surface area contributed by atoms with E-state index in [1.807, 2.05) is 6.20 Å². The van der Waals surface area contributed by atoms with Gasteiger partial charge in [0.2, 0.25) is 7.28 Å². The van der Waals surface area contributed by atoms with Crippen LogP contribution < -0.4 is 21.3 Å². The Bertz CT molecular complexity index is 1710. The number of nitrogens with zero attached hydrogens (tertiary/aromatic N) is 2. The Balaban J connectivity index is 1.52. The third-order valence-corrected chi connectivity index (χ3v) is 13.9. The molecular formula is C39H38BN2S2Si. The van der Waals surface area contributed by atoms with Crippen molar-refractivity contribution in [1.82, 2.24) is 9.55 Å². The SMILES string of the molecule is SCCc1cccc([Si](Cn2ccnc2[B]C(c2ccccc2)c2ccccc2)(c2ccccc2)c2cccc(CCS)c2)c1. The second kappa shape index (κ2) is 15.0. The number of aromatic nitrogens is 2. The number of hydrogen-bond acceptors (Lipinski definition) is 3. The summed E-state index contributed by atoms with van der Waals surface area (Å²) >= 11 is 9.16. The normalized spacial score (nSPS) is 11.5. The zero-order valence-electron chi connectivity index (χ0n) is 25.4. The number of rotatable bonds is 13. The molecule has 0 aliphatic heterocycles. The van der Waals surface area contributed by atoms with E-state index in [0.29, 0.717) is 0 Å². The summed E-state index contributed by atoms with van der Waals surface area (Å²) in [6, 6.07) is 51.2. The molecule has 0 bridgehead atoms. The topological polar surface area (TPSA) is 17.8 Å². The third-order valence-electron chi connectivity index (χ3n) is 8.70. The summed E-state index contributed by atoms with van der Waals surface area (Å²) in [5.74, 6) is 1.72. The lowest BCUT2D eigenvalue weighted by molar-refractivity contribution is 0.889. The quantitative estimate of drug-likeness (QED) is 0.0951. The number of hydrogen-bond donors (Lipinski definition) is 2. The maximum absolute atomic E-state index is 4.98. The number of benzene rings is 5. The highest BCUT2D eigenvalue weighted by Crippen LogP contribution is 2.23. The Labute approximate surface area is 280 Å². The van der Waals surface area contributed by atoms with Crippen molar-refractivity contribution in [2.75, 3.05) is 11.5 Å². The minimum atomic E-state index is -2.64. The fourth-order valence-electron chi connectivity index (χ4n) is 6.46. The van der Waals surface area contributed by atoms with Crippen LogP contribution in [0.5, 0.6) is 0 Å². The van der Waals surface area contributed by atoms with Crippen molar-refractivity contribution in [3.05, 3.63) is 174 Å². The molecule has 6 rings (SSSR count). The van der Waals surface area contributed by atoms with Gasteiger partial charge in [-0.2, -0.15) is 25.3 Å². The van der Waals surface area contributed by atoms with Crippen LogP contribution in [0.2, 0.25) is 0 Å². The van der Waals surface area contributed by atoms with Crippen molar-refractivity contribution in [2.24, 2.45) is 0 Å². The van der Waals surface area contributed by atoms with Gasteiger partial charge >= 0.3 is 0 Å². The molecule has 0 amide bonds. The Morgan fingerprint density at radius 1 is 0.600 bits per heavy atom. The maximum atomic E-state index is 4.98. The van der Waals surface area contributed by atoms with Gasteiger partial charge in [0.15, 0.2) is 8.07 Å². The van der Waals surface area contributed by atoms with Gasteiger partial charge in [-0.25, -0.2) is 0 Å². The van der Waals surface area contributed by atoms with Crippen molar-refractivity contribution < 1.29 is 0 Å². The zero-order chi connectivity index (χ0) is 30.9. The second-order valence-electron chi connectivity index (χ2n) is 11.5. The monoisotopic (exact) mass is 637 g/mol. The van der Waals surface area contributed by atoms with Gasteiger partial charge in [0.1, 0.15) is 0 Å². The summed E-state index contributed by atoms with van der Waals surface area (Å²) in [5.41, 5.74) is 6.14. The molecule has 0 saturated carbocycles. The van der Waals surface area contributed by atoms with Crippen LogP contribution in [-0.2, 0) is 19.0 Å². The first-order chi connectivity index (χ1) is 22.2. The lowest BCUT2D eigenvalue weighted by atomic mass is 9.58. The van der Waals surface area contributed by atoms with E-state index >= 15 is 0 Å². The van der Waals surface area contributed by atoms with E-state index in [1.54, 1.807) is 0 Å². The number of imidazole rings is 1. The maximum Gasteiger partial charge on any atom is 0.215 e. The molecule has 0 spiro atoms. The fourth-order valence-corrected chi connectivity index (χ4v) is 11.7. The second-order valence-corrected chi connectivity index (χ2v) is 16.3. The highest BCUT2D eigenvalue weighted by molar-refractivity contribution is 7.80. The average molecular weight is 638 g/mol. The van der Waals surface area contributed by atoms with Gasteiger partial charge in [0.05, 0.1) is 5.72 Å². The van der Waals surface area contributed by atoms with Crippen LogP contribution >= 0.6 is 25.3 Å². The molecule has 0 unspecified atom stereocenters. The Morgan fingerprint density at radius 2 is 1.09 bits per heavy atom. The lowest BCUT2D eigenvalue weighted by Gasteiger charge is -2.35. The molecule has 0 fully saturated rings. The summed E-state index contributed by atoms with van der Waals surface area (Å²) in [4.78, 5) is 4.98. The molecule has 5 aromatic carbocycles. The van der Waals surface area contributed by atoms with Crippen LogP contribution in [0.1, 0.15) is 28.1 Å². The van der Waals surface area contributed by atoms with Crippen molar-refractivity contribution in [3.63, 3.8) is 0 Å². The van der Waals surface area contributed by atoms with E-state index < -0.39 is 8.07 Å². The minimum Gasteiger partial charge on any atom is -0.345 e. The minimum absolute atomic E-state index is 0.0822. The largest absolute Gasteiger partial charge is 0.345 e. The highest BCUT2D eigenvalue weighted by Gasteiger charge is 2.41. The van der Waals surface area contributed by atoms with Crippen molar-refractivity contribution in [2.45, 2.75) is 24.8 Å². The average Bonchev–Trinajstić information content (AvgIpc) is 3.54. The molecule has 0 aliphatic rings. The Kier molecular flexibility index (Phi) is 10.5. The van der Waals surface area contributed by atoms with Crippen LogP contribution in [0.3, 0.4) is 0 Å². The molecule has 0 N–H and O–H groups in total. The van der Waals surface area contributed by atoms with Crippen LogP contribution in [0.4, 0.5) is 0 Å². The molecule has 6 aromatic rings. The standard InChI is InChI=1S/C39H38BN2S2Si/c43-26-22-31-12-10-20-36(28-31)45(35-18-8-3-9-19-35,37-21-11-13-32(29-37)23-27-44)30-42-25-24-41-39(42)40-38(33-14-4-1-5-15-33)34-16-6-2-7-17-34/h1-21,24-25,28-29,38,43-44H,22-23,26-27,30H2. The molecule has 223 valence electrons. The molecule has 45 heavy (non-hydrogen) atoms. The summed E-state index contributed by atoms with van der Waals surface area (Å²) in [6.45, 7) is 0. The van der Waals surface area contributed by atoms with Gasteiger partial charge in [-0.15, -0.1) is 0 Å². The predicted molar refractivity (Wildman–Crippen MR) is 201 cm³/mol. The van der Waals surface area contributed by atoms with Crippen LogP contribution in [0, 0.1) is 0 Å². The Morgan fingerprint density at radius 3 is 1.60 bits per heavy atom. The zero-order valence-corrected chi connectivity index (χ0v) is 28.2. The van der Waals surface area contributed by atoms with Gasteiger partial charge in [-0.05, 0) is 68.0 Å². The lowest BCUT2D eigenvalue weighted by Crippen LogP contribution is -2.70. The molecule has 0 atom stereocenters. The molecule has 6 heteroatoms. The molecule has 0 saturated heterocycles. The van der Waals surface area contributed by atoms with Gasteiger partial charge in [0.25, 0.3) is 0 Å². The molecule has 2 nitrogen and oxygen atoms in total. The molecule has 1 radical (unpaired) electrons. The van der Waals surface area contributed by atoms with E-state index in [0.717, 1.165) is 36.2 Å². The van der Waals surface area contributed by atoms with Gasteiger partial charge in [-0.1, -0.05) is 140 Å². The number of thiol groups is 2. The summed E-state index contributed by atoms with van der Waals surface area (Å²) < 4.78 is 2.40. The van der Waals surface area contributed by atoms with Crippen LogP contribution in [0.25, 0.3) is 0 Å². The predicted octanol–water partition coefficient (Wildman–Crippen LogP) is 5.66. The van der Waals surface area contributed by atoms with E-state index in [9.17, 15) is 0 Å². The summed E-state index contributed by atoms with van der Waals surface area (Å²) in [5, 5.41) is 4.19. The Hall–Kier alpha value is -3.71. The number of aryl methyl sites for hydroxylation is 2. The van der Waals surface area contributed by atoms with E-state index in [-0.39, 0.29) is 5.82 Å². The summed E-state index contributed by atoms with van der Waals surface area (Å²) in [6.07, 6.45) is 6.83. The highest BCUT2D eigenvalue weighted by atomic mass is 32.1. The van der Waals surface area contributed by atoms with Crippen molar-refractivity contribution in [3.8, 4) is 0 Å². The third kappa shape index (κ3) is 7.09. The van der Waals surface area contributed by atoms with Gasteiger partial charge in [0, 0.05) is 18.6 Å². The van der Waals surface area contributed by atoms with E-state index in [2.05, 4.69) is 183 Å². The van der Waals surface area contributed by atoms with E-state index in [1.165, 1.54) is 37.8 Å². The van der Waals surface area contributed by atoms with Gasteiger partial charge in [-0.3, -0.25) is 4.98 Å². The van der Waals surface area contributed by atoms with E-state index in [4.69, 9.17) is 4.98 Å². The molecule has 1 aromatic heterocycles. The molecule has 1 heterocycles.